The van der Waals surface area contributed by atoms with Crippen LogP contribution in [0.25, 0.3) is 10.4 Å². The first kappa shape index (κ1) is 11.7. The van der Waals surface area contributed by atoms with Crippen LogP contribution in [-0.4, -0.2) is 54.5 Å². The molecule has 2 heterocycles. The number of rotatable bonds is 3. The zero-order valence-corrected chi connectivity index (χ0v) is 9.38. The van der Waals surface area contributed by atoms with Gasteiger partial charge in [-0.25, -0.2) is 0 Å². The highest BCUT2D eigenvalue weighted by Crippen LogP contribution is 2.33. The van der Waals surface area contributed by atoms with E-state index in [2.05, 4.69) is 14.9 Å². The molecule has 2 rings (SSSR count). The average Bonchev–Trinajstić information content (AvgIpc) is 2.62. The lowest BCUT2D eigenvalue weighted by Gasteiger charge is -2.36. The number of azide groups is 1. The maximum absolute atomic E-state index is 9.67. The largest absolute Gasteiger partial charge is 0.393 e. The highest BCUT2D eigenvalue weighted by atomic mass is 16.5. The van der Waals surface area contributed by atoms with Crippen LogP contribution in [0.1, 0.15) is 19.3 Å². The maximum atomic E-state index is 9.67. The fourth-order valence-electron chi connectivity index (χ4n) is 2.64. The summed E-state index contributed by atoms with van der Waals surface area (Å²) in [6.07, 6.45) is 2.25. The summed E-state index contributed by atoms with van der Waals surface area (Å²) in [4.78, 5) is 4.98. The number of likely N-dealkylation sites (tertiary alicyclic amines) is 1. The van der Waals surface area contributed by atoms with E-state index in [1.165, 1.54) is 0 Å². The molecule has 2 aliphatic rings. The molecule has 0 aromatic carbocycles. The first-order valence-electron chi connectivity index (χ1n) is 5.79. The summed E-state index contributed by atoms with van der Waals surface area (Å²) in [6, 6.07) is 0. The van der Waals surface area contributed by atoms with Crippen molar-refractivity contribution < 1.29 is 9.84 Å². The molecule has 90 valence electrons. The quantitative estimate of drug-likeness (QED) is 0.441. The van der Waals surface area contributed by atoms with Crippen molar-refractivity contribution >= 4 is 0 Å². The molecule has 2 saturated heterocycles. The third kappa shape index (κ3) is 2.65. The number of hydrogen-bond donors (Lipinski definition) is 1. The van der Waals surface area contributed by atoms with Gasteiger partial charge >= 0.3 is 0 Å². The predicted octanol–water partition coefficient (Wildman–Crippen LogP) is 0.912. The van der Waals surface area contributed by atoms with E-state index in [9.17, 15) is 5.11 Å². The van der Waals surface area contributed by atoms with Crippen LogP contribution in [-0.2, 0) is 4.74 Å². The summed E-state index contributed by atoms with van der Waals surface area (Å²) in [6.45, 7) is 3.77. The standard InChI is InChI=1S/C10H18N4O2/c11-13-12-3-5-14-4-2-10(8-14)7-9(15)1-6-16-10/h9,15H,1-8H2/t9-,10+/m1/s1. The topological polar surface area (TPSA) is 81.5 Å². The third-order valence-corrected chi connectivity index (χ3v) is 3.44. The molecule has 0 radical (unpaired) electrons. The Labute approximate surface area is 94.8 Å². The van der Waals surface area contributed by atoms with Gasteiger partial charge in [-0.3, -0.25) is 0 Å². The van der Waals surface area contributed by atoms with Gasteiger partial charge in [-0.15, -0.1) is 0 Å². The Bertz CT molecular complexity index is 293. The van der Waals surface area contributed by atoms with Crippen LogP contribution in [0.15, 0.2) is 5.11 Å². The van der Waals surface area contributed by atoms with E-state index >= 15 is 0 Å². The van der Waals surface area contributed by atoms with Gasteiger partial charge in [0.05, 0.1) is 11.7 Å². The highest BCUT2D eigenvalue weighted by Gasteiger charge is 2.42. The van der Waals surface area contributed by atoms with Crippen molar-refractivity contribution in [2.45, 2.75) is 31.0 Å². The van der Waals surface area contributed by atoms with Crippen molar-refractivity contribution in [1.29, 1.82) is 0 Å². The minimum absolute atomic E-state index is 0.145. The second-order valence-corrected chi connectivity index (χ2v) is 4.66. The third-order valence-electron chi connectivity index (χ3n) is 3.44. The Kier molecular flexibility index (Phi) is 3.66. The fraction of sp³-hybridized carbons (Fsp3) is 1.00. The molecule has 1 spiro atoms. The molecule has 6 heteroatoms. The number of aliphatic hydroxyl groups is 1. The van der Waals surface area contributed by atoms with E-state index in [-0.39, 0.29) is 11.7 Å². The normalized spacial score (nSPS) is 35.2. The van der Waals surface area contributed by atoms with Gasteiger partial charge < -0.3 is 14.7 Å². The average molecular weight is 226 g/mol. The zero-order valence-electron chi connectivity index (χ0n) is 9.38. The Balaban J connectivity index is 1.83. The summed E-state index contributed by atoms with van der Waals surface area (Å²) in [7, 11) is 0. The number of aliphatic hydroxyl groups excluding tert-OH is 1. The van der Waals surface area contributed by atoms with Crippen LogP contribution >= 0.6 is 0 Å². The number of nitrogens with zero attached hydrogens (tertiary/aromatic N) is 4. The maximum Gasteiger partial charge on any atom is 0.0845 e. The van der Waals surface area contributed by atoms with E-state index in [1.54, 1.807) is 0 Å². The van der Waals surface area contributed by atoms with Crippen LogP contribution in [0.5, 0.6) is 0 Å². The Morgan fingerprint density at radius 3 is 3.25 bits per heavy atom. The molecule has 0 unspecified atom stereocenters. The molecular weight excluding hydrogens is 208 g/mol. The van der Waals surface area contributed by atoms with Crippen LogP contribution in [0.2, 0.25) is 0 Å². The molecule has 16 heavy (non-hydrogen) atoms. The van der Waals surface area contributed by atoms with Crippen molar-refractivity contribution in [1.82, 2.24) is 4.90 Å². The SMILES string of the molecule is [N-]=[N+]=NCCN1CC[C@]2(C[C@H](O)CCO2)C1. The molecule has 0 aromatic rings. The van der Waals surface area contributed by atoms with Crippen LogP contribution in [0, 0.1) is 0 Å². The smallest absolute Gasteiger partial charge is 0.0845 e. The number of hydrogen-bond acceptors (Lipinski definition) is 4. The van der Waals surface area contributed by atoms with E-state index in [0.29, 0.717) is 13.2 Å². The first-order chi connectivity index (χ1) is 7.74. The van der Waals surface area contributed by atoms with Crippen molar-refractivity contribution in [2.24, 2.45) is 5.11 Å². The van der Waals surface area contributed by atoms with E-state index in [1.807, 2.05) is 0 Å². The lowest BCUT2D eigenvalue weighted by atomic mass is 9.91. The lowest BCUT2D eigenvalue weighted by Crippen LogP contribution is -2.44. The van der Waals surface area contributed by atoms with Gasteiger partial charge in [0.25, 0.3) is 0 Å². The fourth-order valence-corrected chi connectivity index (χ4v) is 2.64. The second-order valence-electron chi connectivity index (χ2n) is 4.66. The zero-order chi connectivity index (χ0) is 11.4. The van der Waals surface area contributed by atoms with Crippen molar-refractivity contribution in [3.63, 3.8) is 0 Å². The Morgan fingerprint density at radius 1 is 1.62 bits per heavy atom. The number of ether oxygens (including phenoxy) is 1. The van der Waals surface area contributed by atoms with Gasteiger partial charge in [-0.1, -0.05) is 5.11 Å². The van der Waals surface area contributed by atoms with Crippen molar-refractivity contribution in [3.8, 4) is 0 Å². The van der Waals surface area contributed by atoms with Gasteiger partial charge in [0, 0.05) is 44.1 Å². The summed E-state index contributed by atoms with van der Waals surface area (Å²) >= 11 is 0. The molecular formula is C10H18N4O2. The summed E-state index contributed by atoms with van der Waals surface area (Å²) < 4.78 is 5.83. The lowest BCUT2D eigenvalue weighted by molar-refractivity contribution is -0.110. The second kappa shape index (κ2) is 5.01. The van der Waals surface area contributed by atoms with Crippen molar-refractivity contribution in [2.75, 3.05) is 32.8 Å². The Hall–Kier alpha value is -0.810. The van der Waals surface area contributed by atoms with E-state index in [0.717, 1.165) is 38.9 Å². The van der Waals surface area contributed by atoms with Crippen molar-refractivity contribution in [3.05, 3.63) is 10.4 Å². The Morgan fingerprint density at radius 2 is 2.50 bits per heavy atom. The minimum Gasteiger partial charge on any atom is -0.393 e. The van der Waals surface area contributed by atoms with Gasteiger partial charge in [0.15, 0.2) is 0 Å². The summed E-state index contributed by atoms with van der Waals surface area (Å²) in [5.41, 5.74) is 8.05. The minimum atomic E-state index is -0.217. The molecule has 2 atom stereocenters. The van der Waals surface area contributed by atoms with Gasteiger partial charge in [-0.2, -0.15) is 0 Å². The molecule has 2 fully saturated rings. The van der Waals surface area contributed by atoms with Gasteiger partial charge in [-0.05, 0) is 18.4 Å². The molecule has 0 aliphatic carbocycles. The molecule has 0 amide bonds. The van der Waals surface area contributed by atoms with Crippen LogP contribution in [0.4, 0.5) is 0 Å². The first-order valence-corrected chi connectivity index (χ1v) is 5.79. The highest BCUT2D eigenvalue weighted by molar-refractivity contribution is 4.95. The van der Waals surface area contributed by atoms with Gasteiger partial charge in [0.2, 0.25) is 0 Å². The van der Waals surface area contributed by atoms with E-state index in [4.69, 9.17) is 10.3 Å². The molecule has 0 saturated carbocycles. The van der Waals surface area contributed by atoms with Gasteiger partial charge in [0.1, 0.15) is 0 Å². The predicted molar refractivity (Wildman–Crippen MR) is 59.0 cm³/mol. The monoisotopic (exact) mass is 226 g/mol. The molecule has 1 N–H and O–H groups in total. The van der Waals surface area contributed by atoms with Crippen LogP contribution < -0.4 is 0 Å². The molecule has 0 aromatic heterocycles. The molecule has 2 aliphatic heterocycles. The molecule has 0 bridgehead atoms. The van der Waals surface area contributed by atoms with E-state index < -0.39 is 0 Å². The summed E-state index contributed by atoms with van der Waals surface area (Å²) in [5, 5.41) is 13.2. The molecule has 6 nitrogen and oxygen atoms in total. The van der Waals surface area contributed by atoms with Crippen LogP contribution in [0.3, 0.4) is 0 Å². The summed E-state index contributed by atoms with van der Waals surface area (Å²) in [5.74, 6) is 0.